The van der Waals surface area contributed by atoms with Crippen molar-refractivity contribution in [2.75, 3.05) is 6.61 Å². The highest BCUT2D eigenvalue weighted by molar-refractivity contribution is 6.13. The van der Waals surface area contributed by atoms with Gasteiger partial charge in [-0.2, -0.15) is 5.26 Å². The fraction of sp³-hybridized carbons (Fsp3) is 0.190. The molecule has 0 amide bonds. The standard InChI is InChI=1S/C21H20N2O2/c1-3-25-21(24)19(14-16(2)15-22)23-20(17-10-6-4-7-11-17)18-12-8-5-9-13-18/h4-13,19H,2-3,14H2,1H3. The summed E-state index contributed by atoms with van der Waals surface area (Å²) < 4.78 is 5.13. The van der Waals surface area contributed by atoms with E-state index in [0.717, 1.165) is 11.1 Å². The summed E-state index contributed by atoms with van der Waals surface area (Å²) >= 11 is 0. The maximum atomic E-state index is 12.3. The zero-order chi connectivity index (χ0) is 18.1. The molecule has 0 fully saturated rings. The van der Waals surface area contributed by atoms with E-state index in [1.54, 1.807) is 6.92 Å². The van der Waals surface area contributed by atoms with E-state index in [4.69, 9.17) is 10.00 Å². The molecule has 0 aliphatic heterocycles. The Morgan fingerprint density at radius 1 is 1.12 bits per heavy atom. The lowest BCUT2D eigenvalue weighted by molar-refractivity contribution is -0.144. The zero-order valence-corrected chi connectivity index (χ0v) is 14.2. The Morgan fingerprint density at radius 2 is 1.64 bits per heavy atom. The fourth-order valence-electron chi connectivity index (χ4n) is 2.36. The van der Waals surface area contributed by atoms with Crippen molar-refractivity contribution in [3.05, 3.63) is 83.9 Å². The number of aliphatic imine (C=N–C) groups is 1. The third-order valence-corrected chi connectivity index (χ3v) is 3.54. The van der Waals surface area contributed by atoms with Crippen LogP contribution < -0.4 is 0 Å². The van der Waals surface area contributed by atoms with Gasteiger partial charge >= 0.3 is 5.97 Å². The molecule has 0 heterocycles. The van der Waals surface area contributed by atoms with E-state index in [1.807, 2.05) is 66.7 Å². The molecule has 0 aliphatic carbocycles. The second-order valence-corrected chi connectivity index (χ2v) is 5.40. The van der Waals surface area contributed by atoms with Gasteiger partial charge in [0.2, 0.25) is 0 Å². The van der Waals surface area contributed by atoms with Crippen LogP contribution >= 0.6 is 0 Å². The molecule has 0 saturated carbocycles. The van der Waals surface area contributed by atoms with Crippen molar-refractivity contribution in [3.8, 4) is 6.07 Å². The van der Waals surface area contributed by atoms with Crippen LogP contribution in [0, 0.1) is 11.3 Å². The van der Waals surface area contributed by atoms with Crippen LogP contribution in [0.15, 0.2) is 77.8 Å². The first kappa shape index (κ1) is 18.2. The third kappa shape index (κ3) is 5.15. The molecule has 0 bridgehead atoms. The molecule has 2 rings (SSSR count). The van der Waals surface area contributed by atoms with Crippen molar-refractivity contribution in [2.45, 2.75) is 19.4 Å². The number of hydrogen-bond donors (Lipinski definition) is 0. The lowest BCUT2D eigenvalue weighted by Gasteiger charge is -2.14. The number of nitrogens with zero attached hydrogens (tertiary/aromatic N) is 2. The van der Waals surface area contributed by atoms with Gasteiger partial charge in [-0.05, 0) is 6.92 Å². The molecular weight excluding hydrogens is 312 g/mol. The Balaban J connectivity index is 2.50. The number of ether oxygens (including phenoxy) is 1. The van der Waals surface area contributed by atoms with Gasteiger partial charge in [0, 0.05) is 23.1 Å². The Morgan fingerprint density at radius 3 is 2.08 bits per heavy atom. The van der Waals surface area contributed by atoms with Gasteiger partial charge in [-0.15, -0.1) is 0 Å². The predicted molar refractivity (Wildman–Crippen MR) is 98.3 cm³/mol. The maximum Gasteiger partial charge on any atom is 0.331 e. The smallest absolute Gasteiger partial charge is 0.331 e. The van der Waals surface area contributed by atoms with Crippen LogP contribution in [-0.4, -0.2) is 24.3 Å². The van der Waals surface area contributed by atoms with Gasteiger partial charge in [0.25, 0.3) is 0 Å². The number of rotatable bonds is 7. The highest BCUT2D eigenvalue weighted by atomic mass is 16.5. The van der Waals surface area contributed by atoms with Crippen LogP contribution in [0.1, 0.15) is 24.5 Å². The van der Waals surface area contributed by atoms with Gasteiger partial charge in [-0.25, -0.2) is 4.79 Å². The van der Waals surface area contributed by atoms with E-state index in [-0.39, 0.29) is 13.0 Å². The second kappa shape index (κ2) is 9.19. The van der Waals surface area contributed by atoms with Gasteiger partial charge in [-0.1, -0.05) is 67.2 Å². The highest BCUT2D eigenvalue weighted by Gasteiger charge is 2.22. The number of carbonyl (C=O) groups is 1. The molecule has 126 valence electrons. The third-order valence-electron chi connectivity index (χ3n) is 3.54. The van der Waals surface area contributed by atoms with Gasteiger partial charge in [0.05, 0.1) is 18.4 Å². The highest BCUT2D eigenvalue weighted by Crippen LogP contribution is 2.16. The van der Waals surface area contributed by atoms with Crippen molar-refractivity contribution in [3.63, 3.8) is 0 Å². The topological polar surface area (TPSA) is 62.5 Å². The summed E-state index contributed by atoms with van der Waals surface area (Å²) in [5, 5.41) is 9.01. The number of hydrogen-bond acceptors (Lipinski definition) is 4. The molecule has 0 saturated heterocycles. The summed E-state index contributed by atoms with van der Waals surface area (Å²) in [5.41, 5.74) is 2.77. The summed E-state index contributed by atoms with van der Waals surface area (Å²) in [4.78, 5) is 17.0. The van der Waals surface area contributed by atoms with Crippen LogP contribution in [0.25, 0.3) is 0 Å². The first-order valence-electron chi connectivity index (χ1n) is 8.08. The van der Waals surface area contributed by atoms with Crippen molar-refractivity contribution >= 4 is 11.7 Å². The molecule has 1 atom stereocenters. The maximum absolute atomic E-state index is 12.3. The van der Waals surface area contributed by atoms with Crippen LogP contribution in [0.2, 0.25) is 0 Å². The normalized spacial score (nSPS) is 11.0. The molecule has 2 aromatic rings. The van der Waals surface area contributed by atoms with E-state index in [9.17, 15) is 4.79 Å². The monoisotopic (exact) mass is 332 g/mol. The average Bonchev–Trinajstić information content (AvgIpc) is 2.66. The summed E-state index contributed by atoms with van der Waals surface area (Å²) in [5.74, 6) is -0.455. The van der Waals surface area contributed by atoms with Crippen molar-refractivity contribution < 1.29 is 9.53 Å². The predicted octanol–water partition coefficient (Wildman–Crippen LogP) is 3.93. The minimum atomic E-state index is -0.803. The fourth-order valence-corrected chi connectivity index (χ4v) is 2.36. The van der Waals surface area contributed by atoms with E-state index >= 15 is 0 Å². The summed E-state index contributed by atoms with van der Waals surface area (Å²) in [7, 11) is 0. The van der Waals surface area contributed by atoms with E-state index in [1.165, 1.54) is 0 Å². The van der Waals surface area contributed by atoms with Crippen molar-refractivity contribution in [1.29, 1.82) is 5.26 Å². The average molecular weight is 332 g/mol. The summed E-state index contributed by atoms with van der Waals surface area (Å²) in [6.45, 7) is 5.67. The molecule has 25 heavy (non-hydrogen) atoms. The van der Waals surface area contributed by atoms with E-state index < -0.39 is 12.0 Å². The molecular formula is C21H20N2O2. The largest absolute Gasteiger partial charge is 0.464 e. The van der Waals surface area contributed by atoms with E-state index in [2.05, 4.69) is 11.6 Å². The van der Waals surface area contributed by atoms with Crippen molar-refractivity contribution in [1.82, 2.24) is 0 Å². The van der Waals surface area contributed by atoms with Crippen LogP contribution in [0.5, 0.6) is 0 Å². The Hall–Kier alpha value is -3.19. The Bertz CT molecular complexity index is 748. The number of nitriles is 1. The second-order valence-electron chi connectivity index (χ2n) is 5.40. The molecule has 2 aromatic carbocycles. The summed E-state index contributed by atoms with van der Waals surface area (Å²) in [6.07, 6.45) is 0.137. The van der Waals surface area contributed by atoms with Crippen LogP contribution in [-0.2, 0) is 9.53 Å². The minimum absolute atomic E-state index is 0.137. The van der Waals surface area contributed by atoms with Crippen molar-refractivity contribution in [2.24, 2.45) is 4.99 Å². The quantitative estimate of drug-likeness (QED) is 0.438. The van der Waals surface area contributed by atoms with Crippen LogP contribution in [0.3, 0.4) is 0 Å². The molecule has 4 nitrogen and oxygen atoms in total. The van der Waals surface area contributed by atoms with Gasteiger partial charge in [0.15, 0.2) is 6.04 Å². The Labute approximate surface area is 148 Å². The number of esters is 1. The molecule has 0 N–H and O–H groups in total. The van der Waals surface area contributed by atoms with Crippen LogP contribution in [0.4, 0.5) is 0 Å². The first-order chi connectivity index (χ1) is 12.2. The summed E-state index contributed by atoms with van der Waals surface area (Å²) in [6, 6.07) is 20.4. The van der Waals surface area contributed by atoms with Gasteiger partial charge < -0.3 is 4.74 Å². The molecule has 0 aromatic heterocycles. The lowest BCUT2D eigenvalue weighted by Crippen LogP contribution is -2.24. The molecule has 1 unspecified atom stereocenters. The zero-order valence-electron chi connectivity index (χ0n) is 14.2. The number of benzene rings is 2. The molecule has 4 heteroatoms. The minimum Gasteiger partial charge on any atom is -0.464 e. The molecule has 0 aliphatic rings. The van der Waals surface area contributed by atoms with Gasteiger partial charge in [-0.3, -0.25) is 4.99 Å². The Kier molecular flexibility index (Phi) is 6.67. The number of carbonyl (C=O) groups excluding carboxylic acids is 1. The molecule has 0 radical (unpaired) electrons. The van der Waals surface area contributed by atoms with E-state index in [0.29, 0.717) is 11.3 Å². The molecule has 0 spiro atoms. The SMILES string of the molecule is C=C(C#N)CC(N=C(c1ccccc1)c1ccccc1)C(=O)OCC. The lowest BCUT2D eigenvalue weighted by atomic mass is 10.0. The first-order valence-corrected chi connectivity index (χ1v) is 8.08. The van der Waals surface area contributed by atoms with Gasteiger partial charge in [0.1, 0.15) is 0 Å².